The Labute approximate surface area is 126 Å². The van der Waals surface area contributed by atoms with E-state index < -0.39 is 0 Å². The van der Waals surface area contributed by atoms with Gasteiger partial charge in [-0.2, -0.15) is 11.8 Å². The topological polar surface area (TPSA) is 41.5 Å². The largest absolute Gasteiger partial charge is 0.493 e. The molecule has 0 spiro atoms. The molecule has 2 N–H and O–H groups in total. The number of fused-ring (bicyclic) bond motifs is 1. The molecule has 0 aliphatic carbocycles. The van der Waals surface area contributed by atoms with Crippen molar-refractivity contribution in [3.8, 4) is 5.75 Å². The summed E-state index contributed by atoms with van der Waals surface area (Å²) in [4.78, 5) is 0. The average molecular weight is 295 g/mol. The van der Waals surface area contributed by atoms with Crippen molar-refractivity contribution in [2.24, 2.45) is 0 Å². The third-order valence-electron chi connectivity index (χ3n) is 4.01. The summed E-state index contributed by atoms with van der Waals surface area (Å²) in [7, 11) is 0. The number of ether oxygens (including phenoxy) is 1. The molecule has 0 fully saturated rings. The fourth-order valence-electron chi connectivity index (χ4n) is 2.80. The highest BCUT2D eigenvalue weighted by atomic mass is 32.2. The molecule has 3 atom stereocenters. The van der Waals surface area contributed by atoms with Crippen LogP contribution in [-0.2, 0) is 0 Å². The van der Waals surface area contributed by atoms with Crippen LogP contribution in [0.2, 0.25) is 0 Å². The molecule has 1 heterocycles. The van der Waals surface area contributed by atoms with E-state index in [1.165, 1.54) is 11.1 Å². The minimum atomic E-state index is 0.208. The molecule has 0 aromatic heterocycles. The summed E-state index contributed by atoms with van der Waals surface area (Å²) in [5.41, 5.74) is 2.46. The van der Waals surface area contributed by atoms with Gasteiger partial charge in [0.2, 0.25) is 0 Å². The summed E-state index contributed by atoms with van der Waals surface area (Å²) in [5, 5.41) is 13.3. The first-order chi connectivity index (χ1) is 9.67. The molecule has 1 aliphatic heterocycles. The predicted octanol–water partition coefficient (Wildman–Crippen LogP) is 2.91. The molecule has 3 nitrogen and oxygen atoms in total. The molecule has 3 unspecified atom stereocenters. The van der Waals surface area contributed by atoms with Crippen molar-refractivity contribution >= 4 is 11.8 Å². The maximum Gasteiger partial charge on any atom is 0.126 e. The zero-order valence-corrected chi connectivity index (χ0v) is 13.4. The van der Waals surface area contributed by atoms with Crippen LogP contribution in [0.3, 0.4) is 0 Å². The van der Waals surface area contributed by atoms with Gasteiger partial charge in [-0.05, 0) is 38.5 Å². The number of nitrogens with one attached hydrogen (secondary N) is 1. The van der Waals surface area contributed by atoms with Crippen LogP contribution in [-0.4, -0.2) is 35.9 Å². The molecule has 0 saturated carbocycles. The lowest BCUT2D eigenvalue weighted by Crippen LogP contribution is -2.39. The van der Waals surface area contributed by atoms with Gasteiger partial charge in [-0.25, -0.2) is 0 Å². The number of para-hydroxylation sites is 1. The van der Waals surface area contributed by atoms with E-state index in [1.807, 2.05) is 6.26 Å². The van der Waals surface area contributed by atoms with E-state index in [-0.39, 0.29) is 17.9 Å². The van der Waals surface area contributed by atoms with Gasteiger partial charge in [0.15, 0.2) is 0 Å². The zero-order valence-electron chi connectivity index (χ0n) is 12.6. The minimum absolute atomic E-state index is 0.208. The molecule has 2 rings (SSSR count). The van der Waals surface area contributed by atoms with Gasteiger partial charge in [-0.3, -0.25) is 0 Å². The van der Waals surface area contributed by atoms with Gasteiger partial charge in [-0.1, -0.05) is 18.2 Å². The van der Waals surface area contributed by atoms with Crippen molar-refractivity contribution in [1.29, 1.82) is 0 Å². The van der Waals surface area contributed by atoms with Crippen molar-refractivity contribution < 1.29 is 9.84 Å². The number of benzene rings is 1. The number of aliphatic hydroxyl groups is 1. The second-order valence-electron chi connectivity index (χ2n) is 5.45. The number of aliphatic hydroxyl groups excluding tert-OH is 1. The van der Waals surface area contributed by atoms with E-state index in [2.05, 4.69) is 37.4 Å². The number of hydrogen-bond donors (Lipinski definition) is 2. The van der Waals surface area contributed by atoms with Gasteiger partial charge in [0.1, 0.15) is 5.75 Å². The average Bonchev–Trinajstić information content (AvgIpc) is 2.64. The van der Waals surface area contributed by atoms with Crippen LogP contribution in [0.1, 0.15) is 36.9 Å². The van der Waals surface area contributed by atoms with E-state index in [1.54, 1.807) is 11.8 Å². The highest BCUT2D eigenvalue weighted by molar-refractivity contribution is 7.99. The Morgan fingerprint density at radius 2 is 2.30 bits per heavy atom. The zero-order chi connectivity index (χ0) is 14.5. The van der Waals surface area contributed by atoms with Crippen molar-refractivity contribution in [2.45, 2.75) is 44.0 Å². The Hall–Kier alpha value is -0.710. The molecule has 0 bridgehead atoms. The summed E-state index contributed by atoms with van der Waals surface area (Å²) >= 11 is 1.71. The monoisotopic (exact) mass is 295 g/mol. The maximum atomic E-state index is 9.44. The quantitative estimate of drug-likeness (QED) is 0.876. The first kappa shape index (κ1) is 15.7. The van der Waals surface area contributed by atoms with Crippen LogP contribution in [0.4, 0.5) is 0 Å². The molecule has 1 aromatic carbocycles. The molecule has 0 radical (unpaired) electrons. The van der Waals surface area contributed by atoms with Crippen LogP contribution in [0.5, 0.6) is 5.75 Å². The number of thioether (sulfide) groups is 1. The Morgan fingerprint density at radius 3 is 3.00 bits per heavy atom. The Bertz CT molecular complexity index is 434. The third kappa shape index (κ3) is 3.48. The second-order valence-corrected chi connectivity index (χ2v) is 6.53. The third-order valence-corrected chi connectivity index (χ3v) is 5.17. The highest BCUT2D eigenvalue weighted by Gasteiger charge is 2.24. The SMILES string of the molecule is CSC(CO)C(C)NC1CCCOc2c(C)cccc21. The predicted molar refractivity (Wildman–Crippen MR) is 85.6 cm³/mol. The molecule has 1 aliphatic rings. The maximum absolute atomic E-state index is 9.44. The molecule has 0 saturated heterocycles. The minimum Gasteiger partial charge on any atom is -0.493 e. The van der Waals surface area contributed by atoms with E-state index in [9.17, 15) is 5.11 Å². The second kappa shape index (κ2) is 7.34. The molecule has 4 heteroatoms. The number of hydrogen-bond acceptors (Lipinski definition) is 4. The van der Waals surface area contributed by atoms with Crippen LogP contribution >= 0.6 is 11.8 Å². The lowest BCUT2D eigenvalue weighted by Gasteiger charge is -2.27. The molecular weight excluding hydrogens is 270 g/mol. The Balaban J connectivity index is 2.18. The first-order valence-electron chi connectivity index (χ1n) is 7.29. The van der Waals surface area contributed by atoms with E-state index >= 15 is 0 Å². The van der Waals surface area contributed by atoms with Gasteiger partial charge in [-0.15, -0.1) is 0 Å². The lowest BCUT2D eigenvalue weighted by molar-refractivity contribution is 0.268. The van der Waals surface area contributed by atoms with Gasteiger partial charge >= 0.3 is 0 Å². The first-order valence-corrected chi connectivity index (χ1v) is 8.58. The van der Waals surface area contributed by atoms with Crippen molar-refractivity contribution in [3.05, 3.63) is 29.3 Å². The van der Waals surface area contributed by atoms with Crippen molar-refractivity contribution in [3.63, 3.8) is 0 Å². The molecule has 112 valence electrons. The smallest absolute Gasteiger partial charge is 0.126 e. The Kier molecular flexibility index (Phi) is 5.75. The fraction of sp³-hybridized carbons (Fsp3) is 0.625. The highest BCUT2D eigenvalue weighted by Crippen LogP contribution is 2.34. The summed E-state index contributed by atoms with van der Waals surface area (Å²) < 4.78 is 5.91. The van der Waals surface area contributed by atoms with Gasteiger partial charge in [0, 0.05) is 22.9 Å². The van der Waals surface area contributed by atoms with Crippen LogP contribution in [0.25, 0.3) is 0 Å². The molecule has 20 heavy (non-hydrogen) atoms. The van der Waals surface area contributed by atoms with Gasteiger partial charge < -0.3 is 15.2 Å². The summed E-state index contributed by atoms with van der Waals surface area (Å²) in [6.07, 6.45) is 4.18. The normalized spacial score (nSPS) is 21.5. The molecular formula is C16H25NO2S. The van der Waals surface area contributed by atoms with Crippen LogP contribution < -0.4 is 10.1 Å². The molecule has 1 aromatic rings. The van der Waals surface area contributed by atoms with E-state index in [0.29, 0.717) is 6.04 Å². The summed E-state index contributed by atoms with van der Waals surface area (Å²) in [6, 6.07) is 6.93. The summed E-state index contributed by atoms with van der Waals surface area (Å²) in [5.74, 6) is 1.04. The van der Waals surface area contributed by atoms with Crippen molar-refractivity contribution in [1.82, 2.24) is 5.32 Å². The van der Waals surface area contributed by atoms with Crippen molar-refractivity contribution in [2.75, 3.05) is 19.5 Å². The standard InChI is InChI=1S/C16H25NO2S/c1-11-6-4-7-13-14(8-5-9-19-16(11)13)17-12(2)15(10-18)20-3/h4,6-7,12,14-15,17-18H,5,8-10H2,1-3H3. The van der Waals surface area contributed by atoms with Crippen LogP contribution in [0, 0.1) is 6.92 Å². The number of rotatable bonds is 5. The fourth-order valence-corrected chi connectivity index (χ4v) is 3.43. The number of aryl methyl sites for hydroxylation is 1. The lowest BCUT2D eigenvalue weighted by atomic mass is 9.98. The molecule has 0 amide bonds. The van der Waals surface area contributed by atoms with Gasteiger partial charge in [0.25, 0.3) is 0 Å². The van der Waals surface area contributed by atoms with Crippen LogP contribution in [0.15, 0.2) is 18.2 Å². The summed E-state index contributed by atoms with van der Waals surface area (Å²) in [6.45, 7) is 5.25. The van der Waals surface area contributed by atoms with E-state index in [0.717, 1.165) is 25.2 Å². The Morgan fingerprint density at radius 1 is 1.50 bits per heavy atom. The van der Waals surface area contributed by atoms with Gasteiger partial charge in [0.05, 0.1) is 13.2 Å². The van der Waals surface area contributed by atoms with E-state index in [4.69, 9.17) is 4.74 Å².